The van der Waals surface area contributed by atoms with Gasteiger partial charge < -0.3 is 14.8 Å². The maximum atomic E-state index is 12.7. The quantitative estimate of drug-likeness (QED) is 0.305. The first kappa shape index (κ1) is 20.8. The number of amides is 2. The van der Waals surface area contributed by atoms with Crippen molar-refractivity contribution in [1.82, 2.24) is 10.2 Å². The molecule has 2 aliphatic heterocycles. The number of ether oxygens (including phenoxy) is 2. The van der Waals surface area contributed by atoms with Gasteiger partial charge in [-0.1, -0.05) is 30.0 Å². The van der Waals surface area contributed by atoms with E-state index in [0.29, 0.717) is 26.3 Å². The third-order valence-electron chi connectivity index (χ3n) is 4.53. The minimum atomic E-state index is -0.534. The zero-order valence-corrected chi connectivity index (χ0v) is 17.5. The number of hydrogen-bond donors (Lipinski definition) is 1. The van der Waals surface area contributed by atoms with Gasteiger partial charge in [-0.25, -0.2) is 0 Å². The van der Waals surface area contributed by atoms with Crippen LogP contribution >= 0.6 is 24.0 Å². The van der Waals surface area contributed by atoms with Gasteiger partial charge in [-0.2, -0.15) is 0 Å². The molecule has 2 aromatic rings. The van der Waals surface area contributed by atoms with Crippen molar-refractivity contribution in [3.8, 4) is 11.5 Å². The van der Waals surface area contributed by atoms with Gasteiger partial charge >= 0.3 is 0 Å². The molecule has 0 saturated carbocycles. The topological polar surface area (TPSA) is 111 Å². The number of thiocarbonyl (C=S) groups is 1. The summed E-state index contributed by atoms with van der Waals surface area (Å²) in [6, 6.07) is 10.7. The van der Waals surface area contributed by atoms with E-state index in [1.165, 1.54) is 40.9 Å². The molecule has 2 amide bonds. The first-order chi connectivity index (χ1) is 14.9. The van der Waals surface area contributed by atoms with Crippen LogP contribution in [0.3, 0.4) is 0 Å². The molecule has 1 saturated heterocycles. The number of rotatable bonds is 6. The van der Waals surface area contributed by atoms with E-state index < -0.39 is 10.8 Å². The predicted octanol–water partition coefficient (Wildman–Crippen LogP) is 2.95. The Bertz CT molecular complexity index is 1120. The molecule has 1 N–H and O–H groups in total. The summed E-state index contributed by atoms with van der Waals surface area (Å²) in [4.78, 5) is 37.0. The normalized spacial score (nSPS) is 16.1. The van der Waals surface area contributed by atoms with Crippen LogP contribution < -0.4 is 14.8 Å². The molecule has 4 rings (SSSR count). The lowest BCUT2D eigenvalue weighted by Crippen LogP contribution is -2.37. The molecule has 0 radical (unpaired) electrons. The van der Waals surface area contributed by atoms with Gasteiger partial charge in [-0.3, -0.25) is 24.6 Å². The Labute approximate surface area is 186 Å². The fraction of sp³-hybridized carbons (Fsp3) is 0.150. The number of non-ortho nitro benzene ring substituents is 1. The summed E-state index contributed by atoms with van der Waals surface area (Å²) in [6.45, 7) is 0.563. The van der Waals surface area contributed by atoms with Crippen LogP contribution in [0.4, 0.5) is 5.69 Å². The SMILES string of the molecule is O=C(NCCN1C(=O)C(=Cc2ccc3c(c2)OCO3)SC1=S)c1ccc([N+](=O)[O-])cc1. The van der Waals surface area contributed by atoms with Gasteiger partial charge in [0, 0.05) is 30.8 Å². The molecule has 31 heavy (non-hydrogen) atoms. The second-order valence-electron chi connectivity index (χ2n) is 6.51. The molecule has 0 spiro atoms. The minimum absolute atomic E-state index is 0.0941. The molecule has 1 fully saturated rings. The molecule has 0 aliphatic carbocycles. The summed E-state index contributed by atoms with van der Waals surface area (Å²) >= 11 is 6.50. The zero-order valence-electron chi connectivity index (χ0n) is 15.9. The minimum Gasteiger partial charge on any atom is -0.454 e. The van der Waals surface area contributed by atoms with E-state index in [-0.39, 0.29) is 31.5 Å². The van der Waals surface area contributed by atoms with Crippen molar-refractivity contribution in [2.45, 2.75) is 0 Å². The molecule has 9 nitrogen and oxygen atoms in total. The molecule has 0 unspecified atom stereocenters. The van der Waals surface area contributed by atoms with Crippen LogP contribution in [-0.2, 0) is 4.79 Å². The van der Waals surface area contributed by atoms with Gasteiger partial charge in [0.25, 0.3) is 17.5 Å². The molecule has 158 valence electrons. The van der Waals surface area contributed by atoms with Crippen LogP contribution in [-0.4, -0.2) is 45.8 Å². The van der Waals surface area contributed by atoms with Gasteiger partial charge in [0.15, 0.2) is 11.5 Å². The fourth-order valence-electron chi connectivity index (χ4n) is 2.96. The number of carbonyl (C=O) groups excluding carboxylic acids is 2. The van der Waals surface area contributed by atoms with E-state index >= 15 is 0 Å². The highest BCUT2D eigenvalue weighted by Crippen LogP contribution is 2.36. The summed E-state index contributed by atoms with van der Waals surface area (Å²) in [5.74, 6) is 0.653. The lowest BCUT2D eigenvalue weighted by Gasteiger charge is -2.14. The lowest BCUT2D eigenvalue weighted by molar-refractivity contribution is -0.384. The van der Waals surface area contributed by atoms with Crippen molar-refractivity contribution in [3.63, 3.8) is 0 Å². The van der Waals surface area contributed by atoms with Gasteiger partial charge in [0.05, 0.1) is 9.83 Å². The molecule has 0 bridgehead atoms. The van der Waals surface area contributed by atoms with Gasteiger partial charge in [0.1, 0.15) is 4.32 Å². The van der Waals surface area contributed by atoms with E-state index in [1.807, 2.05) is 6.07 Å². The summed E-state index contributed by atoms with van der Waals surface area (Å²) < 4.78 is 11.0. The van der Waals surface area contributed by atoms with Crippen LogP contribution in [0.1, 0.15) is 15.9 Å². The van der Waals surface area contributed by atoms with E-state index in [0.717, 1.165) is 5.56 Å². The Balaban J connectivity index is 1.35. The van der Waals surface area contributed by atoms with Crippen molar-refractivity contribution in [1.29, 1.82) is 0 Å². The van der Waals surface area contributed by atoms with E-state index in [2.05, 4.69) is 5.32 Å². The van der Waals surface area contributed by atoms with Gasteiger partial charge in [-0.05, 0) is 35.9 Å². The summed E-state index contributed by atoms with van der Waals surface area (Å²) in [5.41, 5.74) is 0.985. The number of thioether (sulfide) groups is 1. The second-order valence-corrected chi connectivity index (χ2v) is 8.18. The van der Waals surface area contributed by atoms with Crippen LogP contribution in [0.5, 0.6) is 11.5 Å². The number of nitro groups is 1. The number of benzene rings is 2. The smallest absolute Gasteiger partial charge is 0.269 e. The van der Waals surface area contributed by atoms with Crippen molar-refractivity contribution < 1.29 is 24.0 Å². The molecule has 0 atom stereocenters. The molecule has 2 heterocycles. The highest BCUT2D eigenvalue weighted by Gasteiger charge is 2.31. The Morgan fingerprint density at radius 1 is 1.23 bits per heavy atom. The van der Waals surface area contributed by atoms with Crippen LogP contribution in [0.2, 0.25) is 0 Å². The number of nitrogens with one attached hydrogen (secondary N) is 1. The summed E-state index contributed by atoms with van der Waals surface area (Å²) in [6.07, 6.45) is 1.73. The van der Waals surface area contributed by atoms with E-state index in [4.69, 9.17) is 21.7 Å². The van der Waals surface area contributed by atoms with Crippen LogP contribution in [0, 0.1) is 10.1 Å². The molecule has 2 aliphatic rings. The van der Waals surface area contributed by atoms with Crippen molar-refractivity contribution in [2.24, 2.45) is 0 Å². The standard InChI is InChI=1S/C20H15N3O6S2/c24-18(13-2-4-14(5-3-13)23(26)27)21-7-8-22-19(25)17(31-20(22)30)10-12-1-6-15-16(9-12)29-11-28-15/h1-6,9-10H,7-8,11H2,(H,21,24). The van der Waals surface area contributed by atoms with Crippen LogP contribution in [0.25, 0.3) is 6.08 Å². The first-order valence-electron chi connectivity index (χ1n) is 9.10. The molecule has 2 aromatic carbocycles. The van der Waals surface area contributed by atoms with Crippen LogP contribution in [0.15, 0.2) is 47.4 Å². The number of fused-ring (bicyclic) bond motifs is 1. The van der Waals surface area contributed by atoms with Crippen molar-refractivity contribution in [2.75, 3.05) is 19.9 Å². The van der Waals surface area contributed by atoms with Crippen molar-refractivity contribution in [3.05, 3.63) is 68.6 Å². The number of nitrogens with zero attached hydrogens (tertiary/aromatic N) is 2. The Morgan fingerprint density at radius 2 is 1.97 bits per heavy atom. The fourth-order valence-corrected chi connectivity index (χ4v) is 4.27. The maximum Gasteiger partial charge on any atom is 0.269 e. The molecular formula is C20H15N3O6S2. The van der Waals surface area contributed by atoms with E-state index in [9.17, 15) is 19.7 Å². The third kappa shape index (κ3) is 4.52. The summed E-state index contributed by atoms with van der Waals surface area (Å²) in [7, 11) is 0. The summed E-state index contributed by atoms with van der Waals surface area (Å²) in [5, 5.41) is 13.4. The molecular weight excluding hydrogens is 442 g/mol. The highest BCUT2D eigenvalue weighted by atomic mass is 32.2. The molecule has 0 aromatic heterocycles. The van der Waals surface area contributed by atoms with E-state index in [1.54, 1.807) is 18.2 Å². The van der Waals surface area contributed by atoms with Gasteiger partial charge in [-0.15, -0.1) is 0 Å². The largest absolute Gasteiger partial charge is 0.454 e. The second kappa shape index (κ2) is 8.74. The number of carbonyl (C=O) groups is 2. The Kier molecular flexibility index (Phi) is 5.87. The maximum absolute atomic E-state index is 12.7. The van der Waals surface area contributed by atoms with Gasteiger partial charge in [0.2, 0.25) is 6.79 Å². The van der Waals surface area contributed by atoms with Crippen molar-refractivity contribution >= 4 is 51.9 Å². The number of hydrogen-bond acceptors (Lipinski definition) is 8. The third-order valence-corrected chi connectivity index (χ3v) is 5.91. The average Bonchev–Trinajstić information content (AvgIpc) is 3.33. The monoisotopic (exact) mass is 457 g/mol. The predicted molar refractivity (Wildman–Crippen MR) is 118 cm³/mol. The lowest BCUT2D eigenvalue weighted by atomic mass is 10.2. The zero-order chi connectivity index (χ0) is 22.0. The first-order valence-corrected chi connectivity index (χ1v) is 10.3. The Morgan fingerprint density at radius 3 is 2.71 bits per heavy atom. The highest BCUT2D eigenvalue weighted by molar-refractivity contribution is 8.26. The number of nitro benzene ring substituents is 1. The average molecular weight is 457 g/mol. The Hall–Kier alpha value is -3.44. The molecule has 11 heteroatoms.